The lowest BCUT2D eigenvalue weighted by Crippen LogP contribution is -2.36. The maximum absolute atomic E-state index is 6.39. The summed E-state index contributed by atoms with van der Waals surface area (Å²) >= 11 is 6.39. The van der Waals surface area contributed by atoms with Crippen molar-refractivity contribution >= 4 is 74.0 Å². The Morgan fingerprint density at radius 3 is 2.25 bits per heavy atom. The molecule has 0 bridgehead atoms. The predicted octanol–water partition coefficient (Wildman–Crippen LogP) is 3.09. The molecule has 0 saturated heterocycles. The molecule has 0 saturated carbocycles. The van der Waals surface area contributed by atoms with Gasteiger partial charge in [0.15, 0.2) is 0 Å². The van der Waals surface area contributed by atoms with E-state index in [1.54, 1.807) is 20.7 Å². The lowest BCUT2D eigenvalue weighted by molar-refractivity contribution is -0.648. The van der Waals surface area contributed by atoms with Crippen molar-refractivity contribution in [3.63, 3.8) is 0 Å². The molecule has 8 heteroatoms. The minimum atomic E-state index is 0.842. The third-order valence-electron chi connectivity index (χ3n) is 2.30. The number of hydrogen-bond donors (Lipinski definition) is 0. The molecule has 0 amide bonds. The standard InChI is InChI=1S/C8H9ClN3S4/c1-2-3-12-7-5(13-15-10-7)4(9)6-8(12)11-16-14-6/h15-16H,2-3H2,1H3/q+1. The third-order valence-corrected chi connectivity index (χ3v) is 6.82. The zero-order valence-corrected chi connectivity index (χ0v) is 12.5. The van der Waals surface area contributed by atoms with E-state index in [9.17, 15) is 0 Å². The Labute approximate surface area is 112 Å². The molecule has 0 fully saturated rings. The van der Waals surface area contributed by atoms with Gasteiger partial charge in [-0.2, -0.15) is 0 Å². The highest BCUT2D eigenvalue weighted by atomic mass is 35.5. The SMILES string of the molecule is CCC[n+]1c2[n-][sH+]sc2c(Cl)c2s[sH+][n-]c21. The number of aryl methyl sites for hydroxylation is 1. The number of aromatic nitrogens is 3. The fourth-order valence-corrected chi connectivity index (χ4v) is 6.46. The van der Waals surface area contributed by atoms with Crippen LogP contribution in [0.25, 0.3) is 20.7 Å². The monoisotopic (exact) mass is 310 g/mol. The molecular weight excluding hydrogens is 302 g/mol. The highest BCUT2D eigenvalue weighted by molar-refractivity contribution is 7.71. The van der Waals surface area contributed by atoms with Gasteiger partial charge in [0.1, 0.15) is 30.1 Å². The number of halogens is 1. The molecule has 0 aliphatic rings. The van der Waals surface area contributed by atoms with Crippen LogP contribution >= 0.6 is 53.4 Å². The molecule has 3 aromatic rings. The van der Waals surface area contributed by atoms with Crippen LogP contribution in [0.15, 0.2) is 0 Å². The molecule has 0 atom stereocenters. The van der Waals surface area contributed by atoms with E-state index < -0.39 is 0 Å². The Hall–Kier alpha value is -0.0800. The van der Waals surface area contributed by atoms with Crippen molar-refractivity contribution in [3.05, 3.63) is 5.02 Å². The number of fused-ring (bicyclic) bond motifs is 2. The van der Waals surface area contributed by atoms with E-state index in [2.05, 4.69) is 20.2 Å². The Balaban J connectivity index is 2.51. The summed E-state index contributed by atoms with van der Waals surface area (Å²) in [6.45, 7) is 3.13. The molecule has 3 nitrogen and oxygen atoms in total. The third kappa shape index (κ3) is 1.53. The van der Waals surface area contributed by atoms with Gasteiger partial charge in [-0.3, -0.25) is 0 Å². The summed E-state index contributed by atoms with van der Waals surface area (Å²) < 4.78 is 13.4. The lowest BCUT2D eigenvalue weighted by Gasteiger charge is -2.12. The van der Waals surface area contributed by atoms with Crippen LogP contribution in [-0.2, 0) is 6.54 Å². The van der Waals surface area contributed by atoms with Crippen molar-refractivity contribution in [1.29, 1.82) is 0 Å². The minimum absolute atomic E-state index is 0.842. The first-order valence-electron chi connectivity index (χ1n) is 4.78. The van der Waals surface area contributed by atoms with E-state index in [-0.39, 0.29) is 0 Å². The van der Waals surface area contributed by atoms with Gasteiger partial charge in [0, 0.05) is 0 Å². The van der Waals surface area contributed by atoms with Crippen LogP contribution < -0.4 is 13.3 Å². The Bertz CT molecular complexity index is 610. The van der Waals surface area contributed by atoms with Gasteiger partial charge >= 0.3 is 0 Å². The number of nitrogens with zero attached hydrogens (tertiary/aromatic N) is 3. The first kappa shape index (κ1) is 11.0. The van der Waals surface area contributed by atoms with Crippen LogP contribution in [0.1, 0.15) is 13.3 Å². The van der Waals surface area contributed by atoms with E-state index in [1.807, 2.05) is 0 Å². The summed E-state index contributed by atoms with van der Waals surface area (Å²) in [4.78, 5) is 0. The molecule has 0 N–H and O–H groups in total. The van der Waals surface area contributed by atoms with Crippen molar-refractivity contribution in [2.45, 2.75) is 19.9 Å². The number of pyridine rings is 1. The first-order valence-corrected chi connectivity index (χ1v) is 9.70. The maximum Gasteiger partial charge on any atom is 0.117 e. The maximum atomic E-state index is 6.39. The highest BCUT2D eigenvalue weighted by Gasteiger charge is 2.15. The second-order valence-corrected chi connectivity index (χ2v) is 7.68. The molecule has 0 aliphatic carbocycles. The Morgan fingerprint density at radius 2 is 1.75 bits per heavy atom. The molecule has 3 rings (SSSR count). The molecule has 0 radical (unpaired) electrons. The Morgan fingerprint density at radius 1 is 1.19 bits per heavy atom. The molecule has 16 heavy (non-hydrogen) atoms. The van der Waals surface area contributed by atoms with Gasteiger partial charge in [0.05, 0.1) is 37.4 Å². The first-order chi connectivity index (χ1) is 7.83. The fraction of sp³-hybridized carbons (Fsp3) is 0.375. The van der Waals surface area contributed by atoms with Crippen molar-refractivity contribution in [2.75, 3.05) is 0 Å². The van der Waals surface area contributed by atoms with Crippen molar-refractivity contribution in [2.24, 2.45) is 0 Å². The summed E-state index contributed by atoms with van der Waals surface area (Å²) in [7, 11) is 5.43. The lowest BCUT2D eigenvalue weighted by atomic mass is 10.4. The molecular formula is C8H9ClN3S4+. The van der Waals surface area contributed by atoms with Gasteiger partial charge in [0.2, 0.25) is 0 Å². The zero-order valence-electron chi connectivity index (χ0n) is 8.34. The summed E-state index contributed by atoms with van der Waals surface area (Å²) in [5, 5.41) is 0.842. The largest absolute Gasteiger partial charge is 0.388 e. The predicted molar refractivity (Wildman–Crippen MR) is 75.5 cm³/mol. The van der Waals surface area contributed by atoms with Crippen LogP contribution in [0.4, 0.5) is 0 Å². The molecule has 3 heterocycles. The van der Waals surface area contributed by atoms with Gasteiger partial charge in [-0.15, -0.1) is 8.75 Å². The van der Waals surface area contributed by atoms with Crippen LogP contribution in [0.5, 0.6) is 0 Å². The van der Waals surface area contributed by atoms with Gasteiger partial charge in [-0.05, 0) is 6.54 Å². The van der Waals surface area contributed by atoms with Gasteiger partial charge < -0.3 is 4.57 Å². The summed E-state index contributed by atoms with van der Waals surface area (Å²) in [6.07, 6.45) is 1.08. The van der Waals surface area contributed by atoms with Crippen LogP contribution in [-0.4, -0.2) is 0 Å². The number of rotatable bonds is 2. The van der Waals surface area contributed by atoms with Crippen molar-refractivity contribution < 1.29 is 4.57 Å². The van der Waals surface area contributed by atoms with Crippen molar-refractivity contribution in [3.8, 4) is 0 Å². The second kappa shape index (κ2) is 4.30. The molecule has 0 aromatic carbocycles. The smallest absolute Gasteiger partial charge is 0.117 e. The highest BCUT2D eigenvalue weighted by Crippen LogP contribution is 2.35. The molecule has 3 aromatic heterocycles. The summed E-state index contributed by atoms with van der Waals surface area (Å²) in [5.74, 6) is 0. The van der Waals surface area contributed by atoms with Crippen molar-refractivity contribution in [1.82, 2.24) is 8.75 Å². The molecule has 0 spiro atoms. The average Bonchev–Trinajstić information content (AvgIpc) is 2.92. The van der Waals surface area contributed by atoms with Crippen LogP contribution in [0.3, 0.4) is 0 Å². The topological polar surface area (TPSA) is 32.1 Å². The fourth-order valence-electron chi connectivity index (χ4n) is 1.64. The van der Waals surface area contributed by atoms with E-state index in [0.29, 0.717) is 0 Å². The molecule has 0 aliphatic heterocycles. The van der Waals surface area contributed by atoms with E-state index in [4.69, 9.17) is 11.6 Å². The number of hydrogen-bond acceptors (Lipinski definition) is 2. The van der Waals surface area contributed by atoms with Gasteiger partial charge in [-0.25, -0.2) is 0 Å². The Kier molecular flexibility index (Phi) is 2.97. The quantitative estimate of drug-likeness (QED) is 0.414. The average molecular weight is 311 g/mol. The van der Waals surface area contributed by atoms with Crippen LogP contribution in [0, 0.1) is 0 Å². The molecule has 0 unspecified atom stereocenters. The van der Waals surface area contributed by atoms with E-state index in [1.165, 1.54) is 0 Å². The van der Waals surface area contributed by atoms with Gasteiger partial charge in [-0.1, -0.05) is 24.9 Å². The summed E-state index contributed by atoms with van der Waals surface area (Å²) in [5.41, 5.74) is 2.03. The van der Waals surface area contributed by atoms with E-state index >= 15 is 0 Å². The molecule has 86 valence electrons. The summed E-state index contributed by atoms with van der Waals surface area (Å²) in [6, 6.07) is 0. The van der Waals surface area contributed by atoms with Gasteiger partial charge in [0.25, 0.3) is 0 Å². The second-order valence-electron chi connectivity index (χ2n) is 3.32. The van der Waals surface area contributed by atoms with E-state index in [0.717, 1.165) is 59.8 Å². The van der Waals surface area contributed by atoms with Crippen LogP contribution in [0.2, 0.25) is 5.02 Å². The normalized spacial score (nSPS) is 11.6. The zero-order chi connectivity index (χ0) is 11.1. The minimum Gasteiger partial charge on any atom is -0.388 e.